The van der Waals surface area contributed by atoms with Crippen molar-refractivity contribution >= 4 is 5.91 Å². The third kappa shape index (κ3) is 4.03. The summed E-state index contributed by atoms with van der Waals surface area (Å²) in [6.45, 7) is 3.75. The van der Waals surface area contributed by atoms with Gasteiger partial charge in [0, 0.05) is 25.2 Å². The van der Waals surface area contributed by atoms with Crippen molar-refractivity contribution in [3.8, 4) is 11.8 Å². The first kappa shape index (κ1) is 17.7. The van der Waals surface area contributed by atoms with Gasteiger partial charge in [0.25, 0.3) is 5.91 Å². The van der Waals surface area contributed by atoms with Crippen molar-refractivity contribution in [3.63, 3.8) is 0 Å². The van der Waals surface area contributed by atoms with Crippen LogP contribution in [0.15, 0.2) is 42.7 Å². The van der Waals surface area contributed by atoms with Crippen molar-refractivity contribution in [3.05, 3.63) is 48.3 Å². The predicted octanol–water partition coefficient (Wildman–Crippen LogP) is 2.00. The molecule has 7 heteroatoms. The summed E-state index contributed by atoms with van der Waals surface area (Å²) in [6, 6.07) is 9.83. The highest BCUT2D eigenvalue weighted by Crippen LogP contribution is 2.35. The summed E-state index contributed by atoms with van der Waals surface area (Å²) >= 11 is 0. The number of amides is 1. The van der Waals surface area contributed by atoms with Crippen molar-refractivity contribution in [2.24, 2.45) is 0 Å². The third-order valence-corrected chi connectivity index (χ3v) is 5.02. The third-order valence-electron chi connectivity index (χ3n) is 5.02. The maximum atomic E-state index is 12.4. The Labute approximate surface area is 158 Å². The number of hydrogen-bond donors (Lipinski definition) is 0. The largest absolute Gasteiger partial charge is 0.484 e. The van der Waals surface area contributed by atoms with Crippen LogP contribution in [0.25, 0.3) is 0 Å². The average molecular weight is 369 g/mol. The summed E-state index contributed by atoms with van der Waals surface area (Å²) in [6.07, 6.45) is 4.85. The number of hydrogen-bond acceptors (Lipinski definition) is 6. The Morgan fingerprint density at radius 1 is 1.26 bits per heavy atom. The first-order valence-corrected chi connectivity index (χ1v) is 9.17. The lowest BCUT2D eigenvalue weighted by molar-refractivity contribution is -0.194. The molecule has 1 atom stereocenters. The quantitative estimate of drug-likeness (QED) is 0.803. The Bertz CT molecular complexity index is 793. The van der Waals surface area contributed by atoms with Crippen molar-refractivity contribution in [1.82, 2.24) is 14.9 Å². The second-order valence-electron chi connectivity index (χ2n) is 7.10. The monoisotopic (exact) mass is 369 g/mol. The summed E-state index contributed by atoms with van der Waals surface area (Å²) in [4.78, 5) is 22.4. The Kier molecular flexibility index (Phi) is 4.94. The van der Waals surface area contributed by atoms with Crippen LogP contribution in [0.5, 0.6) is 11.8 Å². The molecular formula is C20H23N3O4. The minimum atomic E-state index is -0.323. The lowest BCUT2D eigenvalue weighted by atomic mass is 9.84. The van der Waals surface area contributed by atoms with E-state index in [-0.39, 0.29) is 24.2 Å². The second kappa shape index (κ2) is 7.52. The molecule has 2 aliphatic rings. The highest BCUT2D eigenvalue weighted by atomic mass is 16.5. The normalized spacial score (nSPS) is 20.8. The molecule has 1 amide bonds. The van der Waals surface area contributed by atoms with Gasteiger partial charge < -0.3 is 19.1 Å². The molecule has 142 valence electrons. The molecule has 0 N–H and O–H groups in total. The molecule has 0 unspecified atom stereocenters. The van der Waals surface area contributed by atoms with Gasteiger partial charge in [-0.15, -0.1) is 0 Å². The lowest BCUT2D eigenvalue weighted by Gasteiger charge is -2.52. The number of aromatic nitrogens is 2. The molecule has 0 aliphatic carbocycles. The van der Waals surface area contributed by atoms with Crippen LogP contribution in [-0.4, -0.2) is 58.8 Å². The van der Waals surface area contributed by atoms with Crippen molar-refractivity contribution < 1.29 is 19.0 Å². The van der Waals surface area contributed by atoms with Crippen LogP contribution >= 0.6 is 0 Å². The minimum absolute atomic E-state index is 0.00150. The van der Waals surface area contributed by atoms with Gasteiger partial charge in [-0.05, 0) is 24.6 Å². The summed E-state index contributed by atoms with van der Waals surface area (Å²) < 4.78 is 17.5. The molecule has 1 aromatic heterocycles. The molecule has 2 aliphatic heterocycles. The molecule has 1 spiro atoms. The molecule has 7 nitrogen and oxygen atoms in total. The lowest BCUT2D eigenvalue weighted by Crippen LogP contribution is -2.68. The first-order chi connectivity index (χ1) is 13.1. The number of aryl methyl sites for hydroxylation is 1. The highest BCUT2D eigenvalue weighted by molar-refractivity contribution is 5.79. The van der Waals surface area contributed by atoms with E-state index in [0.717, 1.165) is 24.2 Å². The fraction of sp³-hybridized carbons (Fsp3) is 0.450. The summed E-state index contributed by atoms with van der Waals surface area (Å²) in [5, 5.41) is 0. The van der Waals surface area contributed by atoms with Crippen molar-refractivity contribution in [1.29, 1.82) is 0 Å². The zero-order valence-corrected chi connectivity index (χ0v) is 15.3. The van der Waals surface area contributed by atoms with Gasteiger partial charge in [0.2, 0.25) is 0 Å². The van der Waals surface area contributed by atoms with E-state index >= 15 is 0 Å². The van der Waals surface area contributed by atoms with E-state index in [1.54, 1.807) is 23.4 Å². The maximum absolute atomic E-state index is 12.4. The molecular weight excluding hydrogens is 346 g/mol. The number of likely N-dealkylation sites (tertiary alicyclic amines) is 1. The predicted molar refractivity (Wildman–Crippen MR) is 97.6 cm³/mol. The van der Waals surface area contributed by atoms with E-state index in [4.69, 9.17) is 14.2 Å². The van der Waals surface area contributed by atoms with Crippen LogP contribution in [0.4, 0.5) is 0 Å². The maximum Gasteiger partial charge on any atom is 0.316 e. The van der Waals surface area contributed by atoms with Gasteiger partial charge in [0.1, 0.15) is 17.5 Å². The first-order valence-electron chi connectivity index (χ1n) is 9.17. The molecule has 2 aromatic rings. The van der Waals surface area contributed by atoms with E-state index in [0.29, 0.717) is 25.7 Å². The molecule has 0 radical (unpaired) electrons. The van der Waals surface area contributed by atoms with E-state index in [1.165, 1.54) is 0 Å². The van der Waals surface area contributed by atoms with Crippen LogP contribution in [0.3, 0.4) is 0 Å². The average Bonchev–Trinajstić information content (AvgIpc) is 2.66. The van der Waals surface area contributed by atoms with Crippen LogP contribution in [0.2, 0.25) is 0 Å². The van der Waals surface area contributed by atoms with Gasteiger partial charge in [0.15, 0.2) is 6.61 Å². The number of carbonyl (C=O) groups excluding carboxylic acids is 1. The van der Waals surface area contributed by atoms with Gasteiger partial charge in [0.05, 0.1) is 19.7 Å². The van der Waals surface area contributed by atoms with Crippen LogP contribution < -0.4 is 9.47 Å². The Morgan fingerprint density at radius 2 is 2.04 bits per heavy atom. The fourth-order valence-corrected chi connectivity index (χ4v) is 3.57. The van der Waals surface area contributed by atoms with Crippen molar-refractivity contribution in [2.75, 3.05) is 26.3 Å². The second-order valence-corrected chi connectivity index (χ2v) is 7.10. The van der Waals surface area contributed by atoms with Crippen LogP contribution in [0.1, 0.15) is 18.4 Å². The van der Waals surface area contributed by atoms with E-state index in [2.05, 4.69) is 9.97 Å². The Hall–Kier alpha value is -2.67. The van der Waals surface area contributed by atoms with Gasteiger partial charge in [-0.3, -0.25) is 4.79 Å². The topological polar surface area (TPSA) is 73.8 Å². The van der Waals surface area contributed by atoms with E-state index in [9.17, 15) is 4.79 Å². The SMILES string of the molecule is Cc1ccccc1OCC(=O)N1CC2(C[C@H](Oc3ncccn3)CCO2)C1. The van der Waals surface area contributed by atoms with Gasteiger partial charge >= 0.3 is 6.01 Å². The number of ether oxygens (including phenoxy) is 3. The van der Waals surface area contributed by atoms with Gasteiger partial charge in [-0.25, -0.2) is 9.97 Å². The Morgan fingerprint density at radius 3 is 2.81 bits per heavy atom. The van der Waals surface area contributed by atoms with Crippen LogP contribution in [-0.2, 0) is 9.53 Å². The Balaban J connectivity index is 1.27. The zero-order chi connectivity index (χ0) is 18.7. The number of para-hydroxylation sites is 1. The zero-order valence-electron chi connectivity index (χ0n) is 15.3. The summed E-state index contributed by atoms with van der Waals surface area (Å²) in [5.41, 5.74) is 0.694. The van der Waals surface area contributed by atoms with Gasteiger partial charge in [-0.1, -0.05) is 18.2 Å². The molecule has 0 saturated carbocycles. The highest BCUT2D eigenvalue weighted by Gasteiger charge is 2.50. The van der Waals surface area contributed by atoms with Crippen LogP contribution in [0, 0.1) is 6.92 Å². The summed E-state index contributed by atoms with van der Waals surface area (Å²) in [5.74, 6) is 0.716. The molecule has 2 saturated heterocycles. The van der Waals surface area contributed by atoms with Gasteiger partial charge in [-0.2, -0.15) is 0 Å². The molecule has 27 heavy (non-hydrogen) atoms. The molecule has 0 bridgehead atoms. The number of benzene rings is 1. The molecule has 4 rings (SSSR count). The smallest absolute Gasteiger partial charge is 0.316 e. The molecule has 1 aromatic carbocycles. The number of nitrogens with zero attached hydrogens (tertiary/aromatic N) is 3. The number of carbonyl (C=O) groups is 1. The standard InChI is InChI=1S/C20H23N3O4/c1-15-5-2-3-6-17(15)25-12-18(24)23-13-20(14-23)11-16(7-10-26-20)27-19-21-8-4-9-22-19/h2-6,8-9,16H,7,10-14H2,1H3/t16-/m1/s1. The summed E-state index contributed by atoms with van der Waals surface area (Å²) in [7, 11) is 0. The molecule has 2 fully saturated rings. The van der Waals surface area contributed by atoms with E-state index < -0.39 is 0 Å². The molecule has 3 heterocycles. The number of rotatable bonds is 5. The van der Waals surface area contributed by atoms with Crippen molar-refractivity contribution in [2.45, 2.75) is 31.5 Å². The fourth-order valence-electron chi connectivity index (χ4n) is 3.57. The van der Waals surface area contributed by atoms with E-state index in [1.807, 2.05) is 31.2 Å². The minimum Gasteiger partial charge on any atom is -0.484 e.